The molecule has 1 saturated carbocycles. The Morgan fingerprint density at radius 2 is 2.22 bits per heavy atom. The molecule has 0 aromatic carbocycles. The first-order valence-electron chi connectivity index (χ1n) is 6.71. The molecule has 1 aliphatic carbocycles. The molecule has 0 amide bonds. The highest BCUT2D eigenvalue weighted by atomic mass is 15.2. The summed E-state index contributed by atoms with van der Waals surface area (Å²) < 4.78 is 2.40. The van der Waals surface area contributed by atoms with Crippen LogP contribution in [-0.4, -0.2) is 21.1 Å². The minimum atomic E-state index is -0.101. The predicted molar refractivity (Wildman–Crippen MR) is 72.5 cm³/mol. The Labute approximate surface area is 107 Å². The number of nitrogens with one attached hydrogen (secondary N) is 1. The zero-order valence-electron chi connectivity index (χ0n) is 11.3. The molecule has 4 nitrogen and oxygen atoms in total. The summed E-state index contributed by atoms with van der Waals surface area (Å²) in [5.41, 5.74) is 2.12. The van der Waals surface area contributed by atoms with E-state index in [1.54, 1.807) is 0 Å². The number of aromatic nitrogens is 3. The summed E-state index contributed by atoms with van der Waals surface area (Å²) in [6.45, 7) is 7.47. The summed E-state index contributed by atoms with van der Waals surface area (Å²) >= 11 is 0. The monoisotopic (exact) mass is 244 g/mol. The number of rotatable bonds is 4. The Morgan fingerprint density at radius 3 is 2.89 bits per heavy atom. The maximum Gasteiger partial charge on any atom is 0.130 e. The van der Waals surface area contributed by atoms with Crippen LogP contribution in [0.4, 0.5) is 0 Å². The molecule has 0 bridgehead atoms. The van der Waals surface area contributed by atoms with Crippen molar-refractivity contribution in [2.75, 3.05) is 6.54 Å². The van der Waals surface area contributed by atoms with Crippen molar-refractivity contribution in [2.45, 2.75) is 45.2 Å². The van der Waals surface area contributed by atoms with Gasteiger partial charge in [0, 0.05) is 12.2 Å². The smallest absolute Gasteiger partial charge is 0.130 e. The van der Waals surface area contributed by atoms with Crippen LogP contribution in [0.15, 0.2) is 18.5 Å². The molecule has 96 valence electrons. The molecule has 2 aromatic rings. The third-order valence-corrected chi connectivity index (χ3v) is 3.58. The normalized spacial score (nSPS) is 16.4. The van der Waals surface area contributed by atoms with E-state index in [4.69, 9.17) is 4.98 Å². The van der Waals surface area contributed by atoms with Crippen molar-refractivity contribution in [3.63, 3.8) is 0 Å². The number of hydrogen-bond acceptors (Lipinski definition) is 3. The minimum absolute atomic E-state index is 0.101. The fourth-order valence-electron chi connectivity index (χ4n) is 2.61. The van der Waals surface area contributed by atoms with E-state index < -0.39 is 0 Å². The molecule has 0 unspecified atom stereocenters. The highest BCUT2D eigenvalue weighted by Gasteiger charge is 2.34. The molecule has 0 atom stereocenters. The third kappa shape index (κ3) is 1.81. The van der Waals surface area contributed by atoms with Crippen molar-refractivity contribution >= 4 is 11.0 Å². The molecule has 0 radical (unpaired) electrons. The fraction of sp³-hybridized carbons (Fsp3) is 0.571. The van der Waals surface area contributed by atoms with Crippen molar-refractivity contribution < 1.29 is 0 Å². The maximum atomic E-state index is 4.80. The molecule has 0 aliphatic heterocycles. The van der Waals surface area contributed by atoms with Crippen LogP contribution in [0, 0.1) is 0 Å². The van der Waals surface area contributed by atoms with Crippen LogP contribution in [-0.2, 0) is 5.54 Å². The second-order valence-corrected chi connectivity index (χ2v) is 5.56. The first kappa shape index (κ1) is 11.7. The Morgan fingerprint density at radius 1 is 1.44 bits per heavy atom. The van der Waals surface area contributed by atoms with E-state index in [9.17, 15) is 0 Å². The van der Waals surface area contributed by atoms with Gasteiger partial charge < -0.3 is 9.88 Å². The van der Waals surface area contributed by atoms with Crippen LogP contribution in [0.25, 0.3) is 11.0 Å². The third-order valence-electron chi connectivity index (χ3n) is 3.58. The quantitative estimate of drug-likeness (QED) is 0.899. The minimum Gasteiger partial charge on any atom is -0.323 e. The Kier molecular flexibility index (Phi) is 2.63. The van der Waals surface area contributed by atoms with Gasteiger partial charge in [0.1, 0.15) is 11.3 Å². The molecule has 0 saturated heterocycles. The summed E-state index contributed by atoms with van der Waals surface area (Å²) in [5, 5.41) is 3.52. The van der Waals surface area contributed by atoms with E-state index in [-0.39, 0.29) is 5.54 Å². The SMILES string of the molecule is CCNC(C)(C)c1nc2cnccc2n1C1CC1. The molecular formula is C14H20N4. The second-order valence-electron chi connectivity index (χ2n) is 5.56. The van der Waals surface area contributed by atoms with Crippen molar-refractivity contribution in [1.29, 1.82) is 0 Å². The second kappa shape index (κ2) is 4.05. The summed E-state index contributed by atoms with van der Waals surface area (Å²) in [6.07, 6.45) is 6.25. The number of hydrogen-bond donors (Lipinski definition) is 1. The summed E-state index contributed by atoms with van der Waals surface area (Å²) in [6, 6.07) is 2.71. The average molecular weight is 244 g/mol. The molecule has 2 heterocycles. The fourth-order valence-corrected chi connectivity index (χ4v) is 2.61. The van der Waals surface area contributed by atoms with Crippen molar-refractivity contribution in [2.24, 2.45) is 0 Å². The van der Waals surface area contributed by atoms with Gasteiger partial charge in [0.2, 0.25) is 0 Å². The first-order valence-corrected chi connectivity index (χ1v) is 6.71. The van der Waals surface area contributed by atoms with E-state index in [1.165, 1.54) is 18.4 Å². The molecular weight excluding hydrogens is 224 g/mol. The van der Waals surface area contributed by atoms with Crippen LogP contribution < -0.4 is 5.32 Å². The van der Waals surface area contributed by atoms with Gasteiger partial charge in [-0.3, -0.25) is 4.98 Å². The van der Waals surface area contributed by atoms with Gasteiger partial charge in [-0.15, -0.1) is 0 Å². The molecule has 3 rings (SSSR count). The highest BCUT2D eigenvalue weighted by Crippen LogP contribution is 2.40. The van der Waals surface area contributed by atoms with Gasteiger partial charge in [-0.05, 0) is 39.3 Å². The molecule has 1 aliphatic rings. The maximum absolute atomic E-state index is 4.80. The standard InChI is InChI=1S/C14H20N4/c1-4-16-14(2,3)13-17-11-9-15-8-7-12(11)18(13)10-5-6-10/h7-10,16H,4-6H2,1-3H3. The molecule has 4 heteroatoms. The van der Waals surface area contributed by atoms with Gasteiger partial charge in [0.05, 0.1) is 17.3 Å². The van der Waals surface area contributed by atoms with Gasteiger partial charge in [-0.25, -0.2) is 4.98 Å². The van der Waals surface area contributed by atoms with Crippen LogP contribution in [0.5, 0.6) is 0 Å². The lowest BCUT2D eigenvalue weighted by atomic mass is 10.0. The molecule has 0 spiro atoms. The Hall–Kier alpha value is -1.42. The van der Waals surface area contributed by atoms with Gasteiger partial charge in [0.25, 0.3) is 0 Å². The lowest BCUT2D eigenvalue weighted by Crippen LogP contribution is -2.38. The number of imidazole rings is 1. The Bertz CT molecular complexity index is 566. The van der Waals surface area contributed by atoms with Gasteiger partial charge in [-0.1, -0.05) is 6.92 Å². The summed E-state index contributed by atoms with van der Waals surface area (Å²) in [5.74, 6) is 1.13. The first-order chi connectivity index (χ1) is 8.63. The molecule has 1 fully saturated rings. The van der Waals surface area contributed by atoms with E-state index in [1.807, 2.05) is 12.4 Å². The van der Waals surface area contributed by atoms with E-state index in [0.29, 0.717) is 6.04 Å². The molecule has 2 aromatic heterocycles. The zero-order valence-corrected chi connectivity index (χ0v) is 11.3. The van der Waals surface area contributed by atoms with Crippen LogP contribution in [0.2, 0.25) is 0 Å². The molecule has 1 N–H and O–H groups in total. The highest BCUT2D eigenvalue weighted by molar-refractivity contribution is 5.75. The topological polar surface area (TPSA) is 42.7 Å². The number of pyridine rings is 1. The largest absolute Gasteiger partial charge is 0.323 e. The van der Waals surface area contributed by atoms with E-state index in [0.717, 1.165) is 17.9 Å². The van der Waals surface area contributed by atoms with E-state index >= 15 is 0 Å². The molecule has 18 heavy (non-hydrogen) atoms. The average Bonchev–Trinajstić information content (AvgIpc) is 3.09. The van der Waals surface area contributed by atoms with Gasteiger partial charge >= 0.3 is 0 Å². The number of nitrogens with zero attached hydrogens (tertiary/aromatic N) is 3. The summed E-state index contributed by atoms with van der Waals surface area (Å²) in [4.78, 5) is 8.98. The van der Waals surface area contributed by atoms with Crippen molar-refractivity contribution in [3.8, 4) is 0 Å². The van der Waals surface area contributed by atoms with Crippen LogP contribution in [0.3, 0.4) is 0 Å². The van der Waals surface area contributed by atoms with Crippen LogP contribution in [0.1, 0.15) is 45.5 Å². The van der Waals surface area contributed by atoms with Gasteiger partial charge in [0.15, 0.2) is 0 Å². The predicted octanol–water partition coefficient (Wildman–Crippen LogP) is 2.61. The van der Waals surface area contributed by atoms with Crippen molar-refractivity contribution in [1.82, 2.24) is 19.9 Å². The van der Waals surface area contributed by atoms with Crippen LogP contribution >= 0.6 is 0 Å². The van der Waals surface area contributed by atoms with E-state index in [2.05, 4.69) is 41.7 Å². The Balaban J connectivity index is 2.18. The zero-order chi connectivity index (χ0) is 12.8. The van der Waals surface area contributed by atoms with Gasteiger partial charge in [-0.2, -0.15) is 0 Å². The van der Waals surface area contributed by atoms with Crippen molar-refractivity contribution in [3.05, 3.63) is 24.3 Å². The lowest BCUT2D eigenvalue weighted by molar-refractivity contribution is 0.376. The number of fused-ring (bicyclic) bond motifs is 1. The lowest BCUT2D eigenvalue weighted by Gasteiger charge is -2.26. The summed E-state index contributed by atoms with van der Waals surface area (Å²) in [7, 11) is 0.